The van der Waals surface area contributed by atoms with Gasteiger partial charge < -0.3 is 10.1 Å². The Kier molecular flexibility index (Phi) is 8.02. The lowest BCUT2D eigenvalue weighted by molar-refractivity contribution is -0.122. The fourth-order valence-corrected chi connectivity index (χ4v) is 2.32. The first-order chi connectivity index (χ1) is 9.17. The smallest absolute Gasteiger partial charge is 0.234 e. The Hall–Kier alpha value is -0.650. The van der Waals surface area contributed by atoms with Crippen molar-refractivity contribution in [1.82, 2.24) is 15.1 Å². The summed E-state index contributed by atoms with van der Waals surface area (Å²) in [7, 11) is 0. The van der Waals surface area contributed by atoms with Crippen LogP contribution in [0.25, 0.3) is 0 Å². The maximum atomic E-state index is 11.5. The average molecular weight is 271 g/mol. The molecule has 0 aromatic carbocycles. The van der Waals surface area contributed by atoms with Crippen molar-refractivity contribution in [2.45, 2.75) is 33.2 Å². The van der Waals surface area contributed by atoms with Crippen molar-refractivity contribution in [1.29, 1.82) is 0 Å². The van der Waals surface area contributed by atoms with Gasteiger partial charge in [-0.2, -0.15) is 0 Å². The Morgan fingerprint density at radius 1 is 1.26 bits per heavy atom. The summed E-state index contributed by atoms with van der Waals surface area (Å²) in [4.78, 5) is 16.2. The summed E-state index contributed by atoms with van der Waals surface area (Å²) in [5, 5.41) is 2.85. The van der Waals surface area contributed by atoms with Crippen LogP contribution in [0.1, 0.15) is 27.2 Å². The maximum absolute atomic E-state index is 11.5. The monoisotopic (exact) mass is 271 g/mol. The van der Waals surface area contributed by atoms with E-state index in [9.17, 15) is 4.79 Å². The molecule has 1 aliphatic rings. The summed E-state index contributed by atoms with van der Waals surface area (Å²) in [6.45, 7) is 13.2. The second kappa shape index (κ2) is 9.28. The van der Waals surface area contributed by atoms with Crippen LogP contribution in [0, 0.1) is 0 Å². The molecule has 1 rings (SSSR count). The fourth-order valence-electron chi connectivity index (χ4n) is 2.32. The van der Waals surface area contributed by atoms with E-state index in [4.69, 9.17) is 4.74 Å². The van der Waals surface area contributed by atoms with E-state index >= 15 is 0 Å². The SMILES string of the molecule is CCCOCC(C)N1CCN(CC(=O)NCC)CC1. The van der Waals surface area contributed by atoms with Gasteiger partial charge in [-0.15, -0.1) is 0 Å². The summed E-state index contributed by atoms with van der Waals surface area (Å²) in [5.74, 6) is 0.135. The van der Waals surface area contributed by atoms with Gasteiger partial charge in [0.2, 0.25) is 5.91 Å². The minimum absolute atomic E-state index is 0.135. The van der Waals surface area contributed by atoms with E-state index in [0.29, 0.717) is 19.1 Å². The second-order valence-electron chi connectivity index (χ2n) is 5.19. The maximum Gasteiger partial charge on any atom is 0.234 e. The second-order valence-corrected chi connectivity index (χ2v) is 5.19. The molecule has 5 nitrogen and oxygen atoms in total. The number of rotatable bonds is 8. The molecule has 112 valence electrons. The van der Waals surface area contributed by atoms with E-state index in [1.165, 1.54) is 0 Å². The molecule has 0 radical (unpaired) electrons. The van der Waals surface area contributed by atoms with Gasteiger partial charge >= 0.3 is 0 Å². The van der Waals surface area contributed by atoms with Crippen molar-refractivity contribution < 1.29 is 9.53 Å². The Morgan fingerprint density at radius 3 is 2.53 bits per heavy atom. The lowest BCUT2D eigenvalue weighted by Gasteiger charge is -2.37. The molecule has 19 heavy (non-hydrogen) atoms. The predicted molar refractivity (Wildman–Crippen MR) is 77.3 cm³/mol. The molecule has 1 saturated heterocycles. The van der Waals surface area contributed by atoms with Crippen LogP contribution >= 0.6 is 0 Å². The number of amides is 1. The molecule has 0 spiro atoms. The molecule has 1 atom stereocenters. The van der Waals surface area contributed by atoms with Crippen molar-refractivity contribution in [3.05, 3.63) is 0 Å². The summed E-state index contributed by atoms with van der Waals surface area (Å²) >= 11 is 0. The van der Waals surface area contributed by atoms with Gasteiger partial charge in [-0.25, -0.2) is 0 Å². The van der Waals surface area contributed by atoms with Crippen LogP contribution in [-0.2, 0) is 9.53 Å². The zero-order valence-corrected chi connectivity index (χ0v) is 12.7. The average Bonchev–Trinajstić information content (AvgIpc) is 2.40. The molecule has 1 amide bonds. The molecule has 1 aliphatic heterocycles. The molecule has 1 heterocycles. The first kappa shape index (κ1) is 16.4. The van der Waals surface area contributed by atoms with Gasteiger partial charge in [0.05, 0.1) is 13.2 Å². The Balaban J connectivity index is 2.19. The van der Waals surface area contributed by atoms with Crippen LogP contribution in [0.4, 0.5) is 0 Å². The Bertz CT molecular complexity index is 253. The molecule has 0 aromatic heterocycles. The highest BCUT2D eigenvalue weighted by molar-refractivity contribution is 5.77. The van der Waals surface area contributed by atoms with Crippen LogP contribution < -0.4 is 5.32 Å². The number of piperazine rings is 1. The van der Waals surface area contributed by atoms with E-state index in [1.54, 1.807) is 0 Å². The first-order valence-corrected chi connectivity index (χ1v) is 7.48. The highest BCUT2D eigenvalue weighted by atomic mass is 16.5. The van der Waals surface area contributed by atoms with Gasteiger partial charge in [-0.3, -0.25) is 14.6 Å². The van der Waals surface area contributed by atoms with E-state index in [-0.39, 0.29) is 5.91 Å². The molecule has 0 saturated carbocycles. The Labute approximate surface area is 117 Å². The summed E-state index contributed by atoms with van der Waals surface area (Å²) in [5.41, 5.74) is 0. The third kappa shape index (κ3) is 6.36. The van der Waals surface area contributed by atoms with Crippen molar-refractivity contribution in [2.24, 2.45) is 0 Å². The van der Waals surface area contributed by atoms with Crippen molar-refractivity contribution in [3.8, 4) is 0 Å². The van der Waals surface area contributed by atoms with Crippen LogP contribution in [0.15, 0.2) is 0 Å². The molecule has 1 N–H and O–H groups in total. The summed E-state index contributed by atoms with van der Waals surface area (Å²) in [6, 6.07) is 0.471. The van der Waals surface area contributed by atoms with Crippen molar-refractivity contribution >= 4 is 5.91 Å². The number of nitrogens with one attached hydrogen (secondary N) is 1. The number of hydrogen-bond acceptors (Lipinski definition) is 4. The molecular weight excluding hydrogens is 242 g/mol. The lowest BCUT2D eigenvalue weighted by atomic mass is 10.2. The van der Waals surface area contributed by atoms with Gasteiger partial charge in [0.1, 0.15) is 0 Å². The minimum Gasteiger partial charge on any atom is -0.380 e. The predicted octanol–water partition coefficient (Wildman–Crippen LogP) is 0.555. The molecular formula is C14H29N3O2. The Morgan fingerprint density at radius 2 is 1.95 bits per heavy atom. The zero-order valence-electron chi connectivity index (χ0n) is 12.7. The molecule has 5 heteroatoms. The summed E-state index contributed by atoms with van der Waals surface area (Å²) in [6.07, 6.45) is 1.08. The van der Waals surface area contributed by atoms with Crippen molar-refractivity contribution in [3.63, 3.8) is 0 Å². The molecule has 0 bridgehead atoms. The van der Waals surface area contributed by atoms with E-state index in [2.05, 4.69) is 29.0 Å². The number of hydrogen-bond donors (Lipinski definition) is 1. The van der Waals surface area contributed by atoms with Gasteiger partial charge in [-0.05, 0) is 20.3 Å². The first-order valence-electron chi connectivity index (χ1n) is 7.48. The lowest BCUT2D eigenvalue weighted by Crippen LogP contribution is -2.52. The highest BCUT2D eigenvalue weighted by Crippen LogP contribution is 2.06. The normalized spacial score (nSPS) is 19.3. The van der Waals surface area contributed by atoms with Gasteiger partial charge in [-0.1, -0.05) is 6.92 Å². The number of likely N-dealkylation sites (N-methyl/N-ethyl adjacent to an activating group) is 1. The third-order valence-electron chi connectivity index (χ3n) is 3.48. The topological polar surface area (TPSA) is 44.8 Å². The number of nitrogens with zero attached hydrogens (tertiary/aromatic N) is 2. The quantitative estimate of drug-likeness (QED) is 0.655. The highest BCUT2D eigenvalue weighted by Gasteiger charge is 2.22. The van der Waals surface area contributed by atoms with Gasteiger partial charge in [0.15, 0.2) is 0 Å². The van der Waals surface area contributed by atoms with E-state index in [1.807, 2.05) is 6.92 Å². The number of ether oxygens (including phenoxy) is 1. The fraction of sp³-hybridized carbons (Fsp3) is 0.929. The van der Waals surface area contributed by atoms with Crippen LogP contribution in [0.2, 0.25) is 0 Å². The van der Waals surface area contributed by atoms with Crippen LogP contribution in [0.3, 0.4) is 0 Å². The standard InChI is InChI=1S/C14H29N3O2/c1-4-10-19-12-13(3)17-8-6-16(7-9-17)11-14(18)15-5-2/h13H,4-12H2,1-3H3,(H,15,18). The van der Waals surface area contributed by atoms with E-state index < -0.39 is 0 Å². The van der Waals surface area contributed by atoms with Crippen LogP contribution in [-0.4, -0.2) is 74.2 Å². The van der Waals surface area contributed by atoms with Crippen LogP contribution in [0.5, 0.6) is 0 Å². The number of carbonyl (C=O) groups is 1. The van der Waals surface area contributed by atoms with Crippen molar-refractivity contribution in [2.75, 3.05) is 52.5 Å². The minimum atomic E-state index is 0.135. The third-order valence-corrected chi connectivity index (χ3v) is 3.48. The zero-order chi connectivity index (χ0) is 14.1. The molecule has 0 aliphatic carbocycles. The number of carbonyl (C=O) groups excluding carboxylic acids is 1. The summed E-state index contributed by atoms with van der Waals surface area (Å²) < 4.78 is 5.60. The van der Waals surface area contributed by atoms with Gasteiger partial charge in [0.25, 0.3) is 0 Å². The molecule has 1 unspecified atom stereocenters. The largest absolute Gasteiger partial charge is 0.380 e. The molecule has 1 fully saturated rings. The molecule has 0 aromatic rings. The van der Waals surface area contributed by atoms with E-state index in [0.717, 1.165) is 45.8 Å². The van der Waals surface area contributed by atoms with Gasteiger partial charge in [0, 0.05) is 45.4 Å².